The molecule has 1 unspecified atom stereocenters. The molecule has 0 aromatic heterocycles. The third-order valence-corrected chi connectivity index (χ3v) is 3.37. The van der Waals surface area contributed by atoms with Gasteiger partial charge in [0.25, 0.3) is 0 Å². The minimum Gasteiger partial charge on any atom is -0.397 e. The summed E-state index contributed by atoms with van der Waals surface area (Å²) in [6, 6.07) is 6.14. The summed E-state index contributed by atoms with van der Waals surface area (Å²) in [6.07, 6.45) is 1.17. The molecule has 0 spiro atoms. The summed E-state index contributed by atoms with van der Waals surface area (Å²) < 4.78 is 0. The topological polar surface area (TPSA) is 41.3 Å². The first-order chi connectivity index (χ1) is 8.04. The molecule has 0 aliphatic carbocycles. The van der Waals surface area contributed by atoms with Gasteiger partial charge in [-0.05, 0) is 38.6 Å². The summed E-state index contributed by atoms with van der Waals surface area (Å²) in [4.78, 5) is 2.33. The van der Waals surface area contributed by atoms with E-state index in [0.717, 1.165) is 18.8 Å². The second kappa shape index (κ2) is 6.72. The van der Waals surface area contributed by atoms with E-state index in [1.54, 1.807) is 6.07 Å². The number of rotatable bonds is 6. The van der Waals surface area contributed by atoms with E-state index in [-0.39, 0.29) is 0 Å². The quantitative estimate of drug-likeness (QED) is 0.768. The van der Waals surface area contributed by atoms with Gasteiger partial charge in [0, 0.05) is 24.2 Å². The van der Waals surface area contributed by atoms with Crippen LogP contribution in [0.25, 0.3) is 0 Å². The first-order valence-corrected chi connectivity index (χ1v) is 6.41. The number of halogens is 1. The van der Waals surface area contributed by atoms with Gasteiger partial charge < -0.3 is 16.0 Å². The number of benzene rings is 1. The molecule has 4 heteroatoms. The average molecular weight is 256 g/mol. The Morgan fingerprint density at radius 1 is 1.47 bits per heavy atom. The van der Waals surface area contributed by atoms with Crippen molar-refractivity contribution in [1.82, 2.24) is 4.90 Å². The fraction of sp³-hybridized carbons (Fsp3) is 0.538. The van der Waals surface area contributed by atoms with E-state index < -0.39 is 0 Å². The molecule has 0 aliphatic heterocycles. The Labute approximate surface area is 109 Å². The molecule has 3 N–H and O–H groups in total. The minimum absolute atomic E-state index is 0.611. The van der Waals surface area contributed by atoms with Gasteiger partial charge in [0.15, 0.2) is 0 Å². The Kier molecular flexibility index (Phi) is 5.59. The number of hydrogen-bond acceptors (Lipinski definition) is 3. The van der Waals surface area contributed by atoms with Crippen molar-refractivity contribution >= 4 is 23.0 Å². The summed E-state index contributed by atoms with van der Waals surface area (Å²) in [7, 11) is 2.14. The van der Waals surface area contributed by atoms with Crippen molar-refractivity contribution < 1.29 is 0 Å². The molecular weight excluding hydrogens is 234 g/mol. The van der Waals surface area contributed by atoms with E-state index in [2.05, 4.69) is 31.1 Å². The van der Waals surface area contributed by atoms with E-state index in [1.807, 2.05) is 12.1 Å². The third-order valence-electron chi connectivity index (χ3n) is 3.14. The lowest BCUT2D eigenvalue weighted by molar-refractivity contribution is 0.261. The zero-order valence-corrected chi connectivity index (χ0v) is 11.6. The van der Waals surface area contributed by atoms with Crippen LogP contribution in [0.3, 0.4) is 0 Å². The van der Waals surface area contributed by atoms with Crippen LogP contribution < -0.4 is 11.1 Å². The Balaban J connectivity index is 2.40. The van der Waals surface area contributed by atoms with Crippen LogP contribution in [0.5, 0.6) is 0 Å². The van der Waals surface area contributed by atoms with E-state index in [1.165, 1.54) is 6.42 Å². The molecule has 0 bridgehead atoms. The van der Waals surface area contributed by atoms with Crippen LogP contribution in [0, 0.1) is 0 Å². The van der Waals surface area contributed by atoms with Crippen molar-refractivity contribution in [2.75, 3.05) is 31.2 Å². The molecule has 0 fully saturated rings. The largest absolute Gasteiger partial charge is 0.397 e. The predicted molar refractivity (Wildman–Crippen MR) is 76.7 cm³/mol. The number of anilines is 2. The van der Waals surface area contributed by atoms with E-state index in [9.17, 15) is 0 Å². The maximum atomic E-state index is 5.86. The molecule has 96 valence electrons. The van der Waals surface area contributed by atoms with Gasteiger partial charge >= 0.3 is 0 Å². The lowest BCUT2D eigenvalue weighted by Gasteiger charge is -2.23. The molecule has 0 radical (unpaired) electrons. The van der Waals surface area contributed by atoms with Crippen molar-refractivity contribution in [2.24, 2.45) is 0 Å². The molecule has 3 nitrogen and oxygen atoms in total. The van der Waals surface area contributed by atoms with Crippen LogP contribution in [0.2, 0.25) is 5.02 Å². The van der Waals surface area contributed by atoms with Gasteiger partial charge in [-0.15, -0.1) is 0 Å². The second-order valence-corrected chi connectivity index (χ2v) is 4.83. The maximum Gasteiger partial charge on any atom is 0.0575 e. The van der Waals surface area contributed by atoms with Gasteiger partial charge in [-0.3, -0.25) is 0 Å². The van der Waals surface area contributed by atoms with E-state index in [0.29, 0.717) is 16.8 Å². The van der Waals surface area contributed by atoms with Crippen LogP contribution in [-0.4, -0.2) is 31.1 Å². The highest BCUT2D eigenvalue weighted by Gasteiger charge is 2.06. The minimum atomic E-state index is 0.611. The molecule has 1 aromatic rings. The molecule has 1 rings (SSSR count). The summed E-state index contributed by atoms with van der Waals surface area (Å²) in [5, 5.41) is 4.00. The number of nitrogens with one attached hydrogen (secondary N) is 1. The molecule has 1 aromatic carbocycles. The van der Waals surface area contributed by atoms with Crippen molar-refractivity contribution in [3.05, 3.63) is 23.2 Å². The SMILES string of the molecule is CCC(C)N(C)CCNc1ccc(Cl)cc1N. The Hall–Kier alpha value is -0.930. The average Bonchev–Trinajstić information content (AvgIpc) is 2.30. The molecule has 0 heterocycles. The zero-order chi connectivity index (χ0) is 12.8. The number of nitrogens with zero attached hydrogens (tertiary/aromatic N) is 1. The van der Waals surface area contributed by atoms with Crippen LogP contribution >= 0.6 is 11.6 Å². The van der Waals surface area contributed by atoms with Crippen molar-refractivity contribution in [3.8, 4) is 0 Å². The van der Waals surface area contributed by atoms with Crippen molar-refractivity contribution in [3.63, 3.8) is 0 Å². The van der Waals surface area contributed by atoms with E-state index in [4.69, 9.17) is 17.3 Å². The smallest absolute Gasteiger partial charge is 0.0575 e. The van der Waals surface area contributed by atoms with Crippen LogP contribution in [-0.2, 0) is 0 Å². The number of hydrogen-bond donors (Lipinski definition) is 2. The standard InChI is InChI=1S/C13H22ClN3/c1-4-10(2)17(3)8-7-16-13-6-5-11(14)9-12(13)15/h5-6,9-10,16H,4,7-8,15H2,1-3H3. The van der Waals surface area contributed by atoms with Gasteiger partial charge in [-0.2, -0.15) is 0 Å². The van der Waals surface area contributed by atoms with Gasteiger partial charge in [0.2, 0.25) is 0 Å². The molecule has 1 atom stereocenters. The first-order valence-electron chi connectivity index (χ1n) is 6.03. The highest BCUT2D eigenvalue weighted by Crippen LogP contribution is 2.22. The molecule has 0 amide bonds. The normalized spacial score (nSPS) is 12.8. The zero-order valence-electron chi connectivity index (χ0n) is 10.8. The molecule has 17 heavy (non-hydrogen) atoms. The fourth-order valence-electron chi connectivity index (χ4n) is 1.59. The Morgan fingerprint density at radius 3 is 2.76 bits per heavy atom. The number of nitrogen functional groups attached to an aromatic ring is 1. The number of likely N-dealkylation sites (N-methyl/N-ethyl adjacent to an activating group) is 1. The van der Waals surface area contributed by atoms with Gasteiger partial charge in [-0.1, -0.05) is 18.5 Å². The summed E-state index contributed by atoms with van der Waals surface area (Å²) in [6.45, 7) is 6.31. The molecular formula is C13H22ClN3. The highest BCUT2D eigenvalue weighted by atomic mass is 35.5. The maximum absolute atomic E-state index is 5.86. The fourth-order valence-corrected chi connectivity index (χ4v) is 1.77. The molecule has 0 aliphatic rings. The van der Waals surface area contributed by atoms with E-state index >= 15 is 0 Å². The van der Waals surface area contributed by atoms with Crippen LogP contribution in [0.1, 0.15) is 20.3 Å². The monoisotopic (exact) mass is 255 g/mol. The summed E-state index contributed by atoms with van der Waals surface area (Å²) >= 11 is 5.85. The Bertz CT molecular complexity index is 355. The summed E-state index contributed by atoms with van der Waals surface area (Å²) in [5.74, 6) is 0. The van der Waals surface area contributed by atoms with Gasteiger partial charge in [0.05, 0.1) is 11.4 Å². The highest BCUT2D eigenvalue weighted by molar-refractivity contribution is 6.31. The predicted octanol–water partition coefficient (Wildman–Crippen LogP) is 3.06. The van der Waals surface area contributed by atoms with Gasteiger partial charge in [-0.25, -0.2) is 0 Å². The lowest BCUT2D eigenvalue weighted by atomic mass is 10.2. The van der Waals surface area contributed by atoms with Crippen LogP contribution in [0.15, 0.2) is 18.2 Å². The summed E-state index contributed by atoms with van der Waals surface area (Å²) in [5.41, 5.74) is 7.51. The second-order valence-electron chi connectivity index (χ2n) is 4.40. The van der Waals surface area contributed by atoms with Crippen LogP contribution in [0.4, 0.5) is 11.4 Å². The molecule has 0 saturated carbocycles. The lowest BCUT2D eigenvalue weighted by Crippen LogP contribution is -2.32. The van der Waals surface area contributed by atoms with Gasteiger partial charge in [0.1, 0.15) is 0 Å². The molecule has 0 saturated heterocycles. The number of nitrogens with two attached hydrogens (primary N) is 1. The van der Waals surface area contributed by atoms with Crippen molar-refractivity contribution in [1.29, 1.82) is 0 Å². The third kappa shape index (κ3) is 4.44. The first kappa shape index (κ1) is 14.1. The van der Waals surface area contributed by atoms with Crippen molar-refractivity contribution in [2.45, 2.75) is 26.3 Å². The Morgan fingerprint density at radius 2 is 2.18 bits per heavy atom.